The van der Waals surface area contributed by atoms with Gasteiger partial charge in [0.15, 0.2) is 0 Å². The molecule has 1 aromatic heterocycles. The molecule has 160 valence electrons. The molecule has 2 aliphatic carbocycles. The molecule has 3 rings (SSSR count). The van der Waals surface area contributed by atoms with Crippen molar-refractivity contribution in [2.45, 2.75) is 57.1 Å². The van der Waals surface area contributed by atoms with Crippen LogP contribution in [0.1, 0.15) is 49.0 Å². The molecule has 1 aromatic rings. The van der Waals surface area contributed by atoms with Gasteiger partial charge in [-0.2, -0.15) is 0 Å². The number of aliphatic hydroxyl groups excluding tert-OH is 1. The summed E-state index contributed by atoms with van der Waals surface area (Å²) in [6, 6.07) is 2.71. The number of fused-ring (bicyclic) bond motifs is 1. The number of hydrogen-bond acceptors (Lipinski definition) is 7. The van der Waals surface area contributed by atoms with Gasteiger partial charge in [0, 0.05) is 35.2 Å². The van der Waals surface area contributed by atoms with E-state index in [1.807, 2.05) is 0 Å². The van der Waals surface area contributed by atoms with Crippen LogP contribution in [0.2, 0.25) is 0 Å². The van der Waals surface area contributed by atoms with Crippen LogP contribution in [0.4, 0.5) is 0 Å². The third-order valence-electron chi connectivity index (χ3n) is 4.68. The van der Waals surface area contributed by atoms with E-state index in [0.717, 1.165) is 25.0 Å². The number of nitrogens with one attached hydrogen (secondary N) is 1. The zero-order valence-electron chi connectivity index (χ0n) is 16.2. The van der Waals surface area contributed by atoms with Gasteiger partial charge in [0.25, 0.3) is 0 Å². The number of rotatable bonds is 8. The zero-order valence-corrected chi connectivity index (χ0v) is 17.1. The number of aliphatic carboxylic acids is 2. The molecule has 0 radical (unpaired) electrons. The molecule has 8 nitrogen and oxygen atoms in total. The van der Waals surface area contributed by atoms with Crippen molar-refractivity contribution in [3.8, 4) is 0 Å². The van der Waals surface area contributed by atoms with Gasteiger partial charge in [0.1, 0.15) is 12.7 Å². The van der Waals surface area contributed by atoms with Gasteiger partial charge in [-0.3, -0.25) is 0 Å². The monoisotopic (exact) mass is 424 g/mol. The summed E-state index contributed by atoms with van der Waals surface area (Å²) in [5.74, 6) is -2.51. The molecule has 0 amide bonds. The number of hydrogen-bond donors (Lipinski definition) is 4. The van der Waals surface area contributed by atoms with Gasteiger partial charge in [0.2, 0.25) is 0 Å². The van der Waals surface area contributed by atoms with E-state index in [2.05, 4.69) is 21.9 Å². The predicted octanol–water partition coefficient (Wildman–Crippen LogP) is 2.41. The normalized spacial score (nSPS) is 18.9. The molecule has 1 fully saturated rings. The Morgan fingerprint density at radius 1 is 1.21 bits per heavy atom. The SMILES string of the molecule is O=C(O)/C=C\C(=O)O.OC(CNC1CCCC1)CO/N=C1/CCCc2sccc21. The molecule has 0 aromatic carbocycles. The first-order valence-corrected chi connectivity index (χ1v) is 10.6. The number of aryl methyl sites for hydroxylation is 1. The second-order valence-corrected chi connectivity index (χ2v) is 8.00. The summed E-state index contributed by atoms with van der Waals surface area (Å²) in [5.41, 5.74) is 2.28. The lowest BCUT2D eigenvalue weighted by molar-refractivity contribution is -0.134. The smallest absolute Gasteiger partial charge is 0.328 e. The third kappa shape index (κ3) is 8.76. The summed E-state index contributed by atoms with van der Waals surface area (Å²) in [4.78, 5) is 25.9. The average molecular weight is 425 g/mol. The molecule has 1 saturated carbocycles. The third-order valence-corrected chi connectivity index (χ3v) is 5.66. The summed E-state index contributed by atoms with van der Waals surface area (Å²) in [6.07, 6.45) is 8.97. The van der Waals surface area contributed by atoms with Crippen LogP contribution in [0.15, 0.2) is 28.8 Å². The van der Waals surface area contributed by atoms with Crippen molar-refractivity contribution in [2.75, 3.05) is 13.2 Å². The minimum Gasteiger partial charge on any atom is -0.478 e. The summed E-state index contributed by atoms with van der Waals surface area (Å²) >= 11 is 1.80. The standard InChI is InChI=1S/C16H24N2O2S.C4H4O4/c19-13(10-17-12-4-1-2-5-12)11-20-18-15-6-3-7-16-14(15)8-9-21-16;5-3(6)1-2-4(7)8/h8-9,12-13,17,19H,1-7,10-11H2;1-2H,(H,5,6)(H,7,8)/b18-15-;2-1-. The first kappa shape index (κ1) is 23.1. The van der Waals surface area contributed by atoms with E-state index in [1.165, 1.54) is 36.1 Å². The maximum absolute atomic E-state index is 9.94. The summed E-state index contributed by atoms with van der Waals surface area (Å²) in [5, 5.41) is 35.3. The van der Waals surface area contributed by atoms with Crippen molar-refractivity contribution >= 4 is 29.0 Å². The Bertz CT molecular complexity index is 708. The number of nitrogens with zero attached hydrogens (tertiary/aromatic N) is 1. The van der Waals surface area contributed by atoms with E-state index in [9.17, 15) is 14.7 Å². The molecule has 0 saturated heterocycles. The van der Waals surface area contributed by atoms with E-state index in [1.54, 1.807) is 11.3 Å². The molecule has 1 unspecified atom stereocenters. The Morgan fingerprint density at radius 2 is 1.90 bits per heavy atom. The van der Waals surface area contributed by atoms with E-state index >= 15 is 0 Å². The highest BCUT2D eigenvalue weighted by Crippen LogP contribution is 2.26. The highest BCUT2D eigenvalue weighted by Gasteiger charge is 2.18. The topological polar surface area (TPSA) is 128 Å². The van der Waals surface area contributed by atoms with Crippen LogP contribution in [0.3, 0.4) is 0 Å². The predicted molar refractivity (Wildman–Crippen MR) is 110 cm³/mol. The highest BCUT2D eigenvalue weighted by atomic mass is 32.1. The molecular formula is C20H28N2O6S. The van der Waals surface area contributed by atoms with Crippen LogP contribution in [-0.2, 0) is 20.8 Å². The molecule has 0 bridgehead atoms. The Morgan fingerprint density at radius 3 is 2.55 bits per heavy atom. The van der Waals surface area contributed by atoms with E-state index in [4.69, 9.17) is 15.1 Å². The van der Waals surface area contributed by atoms with Gasteiger partial charge in [-0.1, -0.05) is 18.0 Å². The van der Waals surface area contributed by atoms with Crippen LogP contribution in [0, 0.1) is 0 Å². The highest BCUT2D eigenvalue weighted by molar-refractivity contribution is 7.10. The second kappa shape index (κ2) is 12.4. The van der Waals surface area contributed by atoms with E-state index in [0.29, 0.717) is 24.7 Å². The minimum atomic E-state index is -1.26. The van der Waals surface area contributed by atoms with Crippen molar-refractivity contribution in [3.05, 3.63) is 34.0 Å². The second-order valence-electron chi connectivity index (χ2n) is 7.00. The van der Waals surface area contributed by atoms with Crippen molar-refractivity contribution in [2.24, 2.45) is 5.16 Å². The van der Waals surface area contributed by atoms with Gasteiger partial charge in [0.05, 0.1) is 5.71 Å². The lowest BCUT2D eigenvalue weighted by Crippen LogP contribution is -2.35. The number of carbonyl (C=O) groups is 2. The largest absolute Gasteiger partial charge is 0.478 e. The minimum absolute atomic E-state index is 0.267. The number of carboxylic acids is 2. The Kier molecular flexibility index (Phi) is 9.82. The molecule has 2 aliphatic rings. The fraction of sp³-hybridized carbons (Fsp3) is 0.550. The number of carboxylic acid groups (broad SMARTS) is 2. The fourth-order valence-corrected chi connectivity index (χ4v) is 4.22. The average Bonchev–Trinajstić information content (AvgIpc) is 3.37. The van der Waals surface area contributed by atoms with Gasteiger partial charge < -0.3 is 25.5 Å². The van der Waals surface area contributed by atoms with Crippen LogP contribution in [0.5, 0.6) is 0 Å². The summed E-state index contributed by atoms with van der Waals surface area (Å²) < 4.78 is 0. The molecule has 1 atom stereocenters. The van der Waals surface area contributed by atoms with Crippen molar-refractivity contribution in [1.82, 2.24) is 5.32 Å². The summed E-state index contributed by atoms with van der Waals surface area (Å²) in [6.45, 7) is 0.863. The van der Waals surface area contributed by atoms with E-state index in [-0.39, 0.29) is 6.61 Å². The lowest BCUT2D eigenvalue weighted by atomic mass is 9.97. The van der Waals surface area contributed by atoms with Gasteiger partial charge >= 0.3 is 11.9 Å². The number of thiophene rings is 1. The Balaban J connectivity index is 0.000000321. The van der Waals surface area contributed by atoms with Gasteiger partial charge in [-0.05, 0) is 43.6 Å². The van der Waals surface area contributed by atoms with Crippen molar-refractivity contribution in [1.29, 1.82) is 0 Å². The van der Waals surface area contributed by atoms with Crippen LogP contribution >= 0.6 is 11.3 Å². The van der Waals surface area contributed by atoms with Gasteiger partial charge in [-0.15, -0.1) is 11.3 Å². The lowest BCUT2D eigenvalue weighted by Gasteiger charge is -2.16. The molecule has 29 heavy (non-hydrogen) atoms. The maximum atomic E-state index is 9.94. The van der Waals surface area contributed by atoms with Crippen LogP contribution in [0.25, 0.3) is 0 Å². The first-order chi connectivity index (χ1) is 14.0. The van der Waals surface area contributed by atoms with E-state index < -0.39 is 18.0 Å². The molecule has 0 spiro atoms. The fourth-order valence-electron chi connectivity index (χ4n) is 3.27. The first-order valence-electron chi connectivity index (χ1n) is 9.76. The zero-order chi connectivity index (χ0) is 21.1. The molecule has 0 aliphatic heterocycles. The number of oxime groups is 1. The quantitative estimate of drug-likeness (QED) is 0.373. The van der Waals surface area contributed by atoms with Crippen LogP contribution in [-0.4, -0.2) is 58.3 Å². The molecule has 9 heteroatoms. The van der Waals surface area contributed by atoms with Crippen molar-refractivity contribution < 1.29 is 29.7 Å². The molecular weight excluding hydrogens is 396 g/mol. The molecule has 4 N–H and O–H groups in total. The Labute approximate surface area is 173 Å². The Hall–Kier alpha value is -2.23. The number of aliphatic hydroxyl groups is 1. The van der Waals surface area contributed by atoms with Crippen molar-refractivity contribution in [3.63, 3.8) is 0 Å². The van der Waals surface area contributed by atoms with Crippen LogP contribution < -0.4 is 5.32 Å². The maximum Gasteiger partial charge on any atom is 0.328 e. The van der Waals surface area contributed by atoms with Gasteiger partial charge in [-0.25, -0.2) is 9.59 Å². The molecule has 1 heterocycles. The summed E-state index contributed by atoms with van der Waals surface area (Å²) in [7, 11) is 0.